The minimum atomic E-state index is -0.0786. The first-order chi connectivity index (χ1) is 4.71. The molecule has 0 aromatic carbocycles. The van der Waals surface area contributed by atoms with Gasteiger partial charge in [0, 0.05) is 5.69 Å². The van der Waals surface area contributed by atoms with Crippen LogP contribution in [0.1, 0.15) is 18.3 Å². The molecular weight excluding hydrogens is 128 g/mol. The summed E-state index contributed by atoms with van der Waals surface area (Å²) in [7, 11) is 0. The summed E-state index contributed by atoms with van der Waals surface area (Å²) in [5, 5.41) is 6.98. The maximum atomic E-state index is 5.21. The van der Waals surface area contributed by atoms with Gasteiger partial charge in [-0.2, -0.15) is 5.10 Å². The molecule has 0 amide bonds. The van der Waals surface area contributed by atoms with Gasteiger partial charge in [0.1, 0.15) is 5.60 Å². The highest BCUT2D eigenvalue weighted by molar-refractivity contribution is 5.18. The first kappa shape index (κ1) is 5.92. The van der Waals surface area contributed by atoms with Crippen LogP contribution in [-0.2, 0) is 10.3 Å². The fraction of sp³-hybridized carbons (Fsp3) is 0.571. The summed E-state index contributed by atoms with van der Waals surface area (Å²) in [6, 6.07) is 2.02. The highest BCUT2D eigenvalue weighted by atomic mass is 16.6. The lowest BCUT2D eigenvalue weighted by Gasteiger charge is -1.95. The zero-order chi connectivity index (χ0) is 7.19. The van der Waals surface area contributed by atoms with Crippen molar-refractivity contribution in [3.8, 4) is 0 Å². The third-order valence-corrected chi connectivity index (χ3v) is 1.83. The van der Waals surface area contributed by atoms with Crippen LogP contribution in [0.25, 0.3) is 0 Å². The molecule has 1 unspecified atom stereocenters. The fourth-order valence-corrected chi connectivity index (χ4v) is 0.945. The van der Waals surface area contributed by atoms with E-state index in [1.54, 1.807) is 0 Å². The maximum Gasteiger partial charge on any atom is 0.132 e. The average Bonchev–Trinajstić information content (AvgIpc) is 2.45. The van der Waals surface area contributed by atoms with Crippen LogP contribution in [0.3, 0.4) is 0 Å². The number of hydrogen-bond acceptors (Lipinski definition) is 2. The van der Waals surface area contributed by atoms with Crippen LogP contribution in [0.15, 0.2) is 6.07 Å². The van der Waals surface area contributed by atoms with E-state index >= 15 is 0 Å². The van der Waals surface area contributed by atoms with Crippen molar-refractivity contribution in [3.05, 3.63) is 17.5 Å². The third kappa shape index (κ3) is 0.743. The average molecular weight is 138 g/mol. The highest BCUT2D eigenvalue weighted by Gasteiger charge is 2.43. The summed E-state index contributed by atoms with van der Waals surface area (Å²) in [5.41, 5.74) is 2.03. The topological polar surface area (TPSA) is 41.2 Å². The van der Waals surface area contributed by atoms with Crippen LogP contribution >= 0.6 is 0 Å². The Hall–Kier alpha value is -0.830. The van der Waals surface area contributed by atoms with Gasteiger partial charge in [0.2, 0.25) is 0 Å². The van der Waals surface area contributed by atoms with Crippen LogP contribution in [0.2, 0.25) is 0 Å². The first-order valence-corrected chi connectivity index (χ1v) is 3.37. The van der Waals surface area contributed by atoms with E-state index in [1.165, 1.54) is 0 Å². The Morgan fingerprint density at radius 2 is 2.50 bits per heavy atom. The Bertz CT molecular complexity index is 250. The molecule has 0 aliphatic carbocycles. The van der Waals surface area contributed by atoms with Gasteiger partial charge >= 0.3 is 0 Å². The Kier molecular flexibility index (Phi) is 0.951. The molecule has 2 rings (SSSR count). The van der Waals surface area contributed by atoms with Crippen molar-refractivity contribution in [1.29, 1.82) is 0 Å². The largest absolute Gasteiger partial charge is 0.363 e. The molecule has 1 atom stereocenters. The molecule has 1 aromatic rings. The number of nitrogens with zero attached hydrogens (tertiary/aromatic N) is 1. The minimum absolute atomic E-state index is 0.0786. The van der Waals surface area contributed by atoms with E-state index in [4.69, 9.17) is 4.74 Å². The normalized spacial score (nSPS) is 30.6. The number of aromatic nitrogens is 2. The Balaban J connectivity index is 2.34. The highest BCUT2D eigenvalue weighted by Crippen LogP contribution is 2.36. The summed E-state index contributed by atoms with van der Waals surface area (Å²) < 4.78 is 5.21. The van der Waals surface area contributed by atoms with Gasteiger partial charge in [-0.25, -0.2) is 0 Å². The molecular formula is C7H10N2O. The Morgan fingerprint density at radius 3 is 2.90 bits per heavy atom. The minimum Gasteiger partial charge on any atom is -0.363 e. The number of rotatable bonds is 1. The van der Waals surface area contributed by atoms with Crippen molar-refractivity contribution < 1.29 is 4.74 Å². The van der Waals surface area contributed by atoms with Gasteiger partial charge in [-0.05, 0) is 19.9 Å². The second kappa shape index (κ2) is 1.61. The summed E-state index contributed by atoms with van der Waals surface area (Å²) in [5.74, 6) is 0. The molecule has 1 aliphatic rings. The van der Waals surface area contributed by atoms with E-state index in [0.717, 1.165) is 18.0 Å². The molecule has 0 spiro atoms. The van der Waals surface area contributed by atoms with E-state index in [-0.39, 0.29) is 5.60 Å². The molecule has 0 bridgehead atoms. The molecule has 3 nitrogen and oxygen atoms in total. The molecule has 10 heavy (non-hydrogen) atoms. The van der Waals surface area contributed by atoms with Gasteiger partial charge in [0.25, 0.3) is 0 Å². The summed E-state index contributed by atoms with van der Waals surface area (Å²) in [6.45, 7) is 4.84. The lowest BCUT2D eigenvalue weighted by Crippen LogP contribution is -2.01. The van der Waals surface area contributed by atoms with Crippen molar-refractivity contribution in [1.82, 2.24) is 10.2 Å². The predicted octanol–water partition coefficient (Wildman–Crippen LogP) is 0.964. The van der Waals surface area contributed by atoms with E-state index in [1.807, 2.05) is 19.9 Å². The van der Waals surface area contributed by atoms with Gasteiger partial charge in [0.05, 0.1) is 12.3 Å². The molecule has 1 saturated heterocycles. The molecule has 1 aromatic heterocycles. The van der Waals surface area contributed by atoms with Crippen LogP contribution < -0.4 is 0 Å². The maximum absolute atomic E-state index is 5.21. The van der Waals surface area contributed by atoms with Crippen LogP contribution in [0, 0.1) is 6.92 Å². The van der Waals surface area contributed by atoms with Crippen molar-refractivity contribution >= 4 is 0 Å². The van der Waals surface area contributed by atoms with Gasteiger partial charge < -0.3 is 4.74 Å². The smallest absolute Gasteiger partial charge is 0.132 e. The molecule has 3 heteroatoms. The molecule has 1 fully saturated rings. The lowest BCUT2D eigenvalue weighted by molar-refractivity contribution is 0.323. The third-order valence-electron chi connectivity index (χ3n) is 1.83. The molecule has 1 N–H and O–H groups in total. The van der Waals surface area contributed by atoms with E-state index in [9.17, 15) is 0 Å². The van der Waals surface area contributed by atoms with E-state index in [0.29, 0.717) is 0 Å². The summed E-state index contributed by atoms with van der Waals surface area (Å²) in [4.78, 5) is 0. The van der Waals surface area contributed by atoms with Crippen LogP contribution in [-0.4, -0.2) is 16.8 Å². The summed E-state index contributed by atoms with van der Waals surface area (Å²) >= 11 is 0. The number of H-pyrrole nitrogens is 1. The summed E-state index contributed by atoms with van der Waals surface area (Å²) in [6.07, 6.45) is 0. The Morgan fingerprint density at radius 1 is 1.80 bits per heavy atom. The SMILES string of the molecule is Cc1cc(C2(C)CO2)n[nH]1. The van der Waals surface area contributed by atoms with Crippen molar-refractivity contribution in [3.63, 3.8) is 0 Å². The van der Waals surface area contributed by atoms with Crippen molar-refractivity contribution in [2.24, 2.45) is 0 Å². The number of hydrogen-bond donors (Lipinski definition) is 1. The number of ether oxygens (including phenoxy) is 1. The number of aryl methyl sites for hydroxylation is 1. The molecule has 0 radical (unpaired) electrons. The zero-order valence-electron chi connectivity index (χ0n) is 6.14. The second-order valence-corrected chi connectivity index (χ2v) is 2.96. The zero-order valence-corrected chi connectivity index (χ0v) is 6.14. The Labute approximate surface area is 59.4 Å². The number of nitrogens with one attached hydrogen (secondary N) is 1. The monoisotopic (exact) mass is 138 g/mol. The number of aromatic amines is 1. The lowest BCUT2D eigenvalue weighted by atomic mass is 10.1. The molecule has 0 saturated carbocycles. The van der Waals surface area contributed by atoms with E-state index in [2.05, 4.69) is 10.2 Å². The van der Waals surface area contributed by atoms with Crippen molar-refractivity contribution in [2.45, 2.75) is 19.4 Å². The van der Waals surface area contributed by atoms with Gasteiger partial charge in [-0.3, -0.25) is 5.10 Å². The molecule has 54 valence electrons. The fourth-order valence-electron chi connectivity index (χ4n) is 0.945. The molecule has 1 aliphatic heterocycles. The van der Waals surface area contributed by atoms with E-state index < -0.39 is 0 Å². The molecule has 2 heterocycles. The number of epoxide rings is 1. The first-order valence-electron chi connectivity index (χ1n) is 3.37. The van der Waals surface area contributed by atoms with Crippen LogP contribution in [0.4, 0.5) is 0 Å². The van der Waals surface area contributed by atoms with Gasteiger partial charge in [-0.1, -0.05) is 0 Å². The predicted molar refractivity (Wildman–Crippen MR) is 36.6 cm³/mol. The second-order valence-electron chi connectivity index (χ2n) is 2.96. The van der Waals surface area contributed by atoms with Gasteiger partial charge in [0.15, 0.2) is 0 Å². The van der Waals surface area contributed by atoms with Crippen LogP contribution in [0.5, 0.6) is 0 Å². The standard InChI is InChI=1S/C7H10N2O/c1-5-3-6(9-8-5)7(2)4-10-7/h3H,4H2,1-2H3,(H,8,9). The quantitative estimate of drug-likeness (QED) is 0.587. The van der Waals surface area contributed by atoms with Gasteiger partial charge in [-0.15, -0.1) is 0 Å². The van der Waals surface area contributed by atoms with Crippen molar-refractivity contribution in [2.75, 3.05) is 6.61 Å².